The van der Waals surface area contributed by atoms with Crippen LogP contribution < -0.4 is 4.90 Å². The Hall–Kier alpha value is -3.98. The molecule has 2 atom stereocenters. The molecule has 2 aliphatic heterocycles. The Morgan fingerprint density at radius 3 is 2.80 bits per heavy atom. The van der Waals surface area contributed by atoms with Crippen LogP contribution in [0.25, 0.3) is 16.8 Å². The molecule has 0 aliphatic carbocycles. The first-order chi connectivity index (χ1) is 16.6. The number of likely N-dealkylation sites (tertiary alicyclic amines) is 1. The van der Waals surface area contributed by atoms with E-state index in [0.29, 0.717) is 35.7 Å². The van der Waals surface area contributed by atoms with Gasteiger partial charge in [-0.15, -0.1) is 0 Å². The fourth-order valence-electron chi connectivity index (χ4n) is 4.38. The number of carbonyl (C=O) groups is 2. The van der Waals surface area contributed by atoms with Gasteiger partial charge in [-0.25, -0.2) is 14.3 Å². The van der Waals surface area contributed by atoms with Gasteiger partial charge in [0, 0.05) is 37.8 Å². The van der Waals surface area contributed by atoms with Gasteiger partial charge in [0.25, 0.3) is 5.91 Å². The molecule has 2 aliphatic rings. The number of nitrogens with zero attached hydrogens (tertiary/aromatic N) is 8. The van der Waals surface area contributed by atoms with Crippen molar-refractivity contribution in [3.63, 3.8) is 0 Å². The zero-order valence-electron chi connectivity index (χ0n) is 19.7. The van der Waals surface area contributed by atoms with Crippen LogP contribution in [0.2, 0.25) is 0 Å². The van der Waals surface area contributed by atoms with E-state index in [1.54, 1.807) is 40.1 Å². The Morgan fingerprint density at radius 2 is 2.09 bits per heavy atom. The van der Waals surface area contributed by atoms with Gasteiger partial charge in [-0.2, -0.15) is 15.5 Å². The second-order valence-electron chi connectivity index (χ2n) is 9.87. The summed E-state index contributed by atoms with van der Waals surface area (Å²) in [6.45, 7) is 6.75. The zero-order chi connectivity index (χ0) is 25.0. The van der Waals surface area contributed by atoms with E-state index < -0.39 is 17.1 Å². The molecule has 0 bridgehead atoms. The number of anilines is 1. The van der Waals surface area contributed by atoms with Crippen LogP contribution in [0.1, 0.15) is 39.7 Å². The monoisotopic (exact) mass is 478 g/mol. The summed E-state index contributed by atoms with van der Waals surface area (Å²) in [6.07, 6.45) is 7.26. The number of nitriles is 1. The fraction of sp³-hybridized carbons (Fsp3) is 0.478. The smallest absolute Gasteiger partial charge is 0.410 e. The second-order valence-corrected chi connectivity index (χ2v) is 9.87. The lowest BCUT2D eigenvalue weighted by atomic mass is 10.1. The molecule has 35 heavy (non-hydrogen) atoms. The van der Waals surface area contributed by atoms with Crippen molar-refractivity contribution >= 4 is 23.3 Å². The van der Waals surface area contributed by atoms with E-state index in [2.05, 4.69) is 15.2 Å². The summed E-state index contributed by atoms with van der Waals surface area (Å²) < 4.78 is 8.89. The van der Waals surface area contributed by atoms with Gasteiger partial charge in [0.1, 0.15) is 17.2 Å². The lowest BCUT2D eigenvalue weighted by molar-refractivity contribution is -0.128. The molecule has 0 saturated carbocycles. The molecule has 5 heterocycles. The third kappa shape index (κ3) is 4.08. The highest BCUT2D eigenvalue weighted by atomic mass is 16.6. The highest BCUT2D eigenvalue weighted by Gasteiger charge is 2.47. The van der Waals surface area contributed by atoms with Gasteiger partial charge >= 0.3 is 6.09 Å². The number of amides is 2. The molecule has 2 saturated heterocycles. The van der Waals surface area contributed by atoms with Gasteiger partial charge in [0.05, 0.1) is 30.3 Å². The third-order valence-corrected chi connectivity index (χ3v) is 6.19. The van der Waals surface area contributed by atoms with Crippen molar-refractivity contribution in [1.29, 1.82) is 5.26 Å². The summed E-state index contributed by atoms with van der Waals surface area (Å²) in [5, 5.41) is 28.3. The van der Waals surface area contributed by atoms with Crippen LogP contribution in [-0.2, 0) is 9.53 Å². The van der Waals surface area contributed by atoms with Crippen LogP contribution in [-0.4, -0.2) is 77.2 Å². The van der Waals surface area contributed by atoms with Crippen molar-refractivity contribution < 1.29 is 19.4 Å². The molecule has 12 heteroatoms. The second kappa shape index (κ2) is 8.06. The van der Waals surface area contributed by atoms with Crippen molar-refractivity contribution in [2.24, 2.45) is 0 Å². The van der Waals surface area contributed by atoms with Crippen molar-refractivity contribution in [2.75, 3.05) is 24.5 Å². The van der Waals surface area contributed by atoms with Gasteiger partial charge in [-0.05, 0) is 33.3 Å². The van der Waals surface area contributed by atoms with E-state index in [-0.39, 0.29) is 25.1 Å². The van der Waals surface area contributed by atoms with Crippen molar-refractivity contribution in [3.8, 4) is 17.3 Å². The number of fused-ring (bicyclic) bond motifs is 1. The Labute approximate surface area is 201 Å². The number of ether oxygens (including phenoxy) is 1. The van der Waals surface area contributed by atoms with Crippen LogP contribution in [0, 0.1) is 11.3 Å². The molecule has 3 aromatic rings. The molecular weight excluding hydrogens is 452 g/mol. The molecule has 2 fully saturated rings. The van der Waals surface area contributed by atoms with Gasteiger partial charge < -0.3 is 14.7 Å². The number of hydrogen-bond donors (Lipinski definition) is 1. The predicted octanol–water partition coefficient (Wildman–Crippen LogP) is 1.77. The normalized spacial score (nSPS) is 22.7. The minimum absolute atomic E-state index is 0.00228. The van der Waals surface area contributed by atoms with Crippen LogP contribution in [0.3, 0.4) is 0 Å². The molecule has 0 spiro atoms. The van der Waals surface area contributed by atoms with E-state index in [1.807, 2.05) is 31.6 Å². The summed E-state index contributed by atoms with van der Waals surface area (Å²) in [4.78, 5) is 32.8. The quantitative estimate of drug-likeness (QED) is 0.561. The van der Waals surface area contributed by atoms with E-state index in [4.69, 9.17) is 4.74 Å². The first-order valence-corrected chi connectivity index (χ1v) is 11.4. The number of carbonyl (C=O) groups excluding carboxylic acids is 2. The largest absolute Gasteiger partial charge is 0.444 e. The summed E-state index contributed by atoms with van der Waals surface area (Å²) in [5.74, 6) is -0.377. The topological polar surface area (TPSA) is 142 Å². The Bertz CT molecular complexity index is 1350. The summed E-state index contributed by atoms with van der Waals surface area (Å²) >= 11 is 0. The maximum Gasteiger partial charge on any atom is 0.410 e. The predicted molar refractivity (Wildman–Crippen MR) is 123 cm³/mol. The van der Waals surface area contributed by atoms with Crippen molar-refractivity contribution in [1.82, 2.24) is 29.3 Å². The van der Waals surface area contributed by atoms with Crippen molar-refractivity contribution in [3.05, 3.63) is 30.9 Å². The van der Waals surface area contributed by atoms with Crippen LogP contribution in [0.15, 0.2) is 30.9 Å². The zero-order valence-corrected chi connectivity index (χ0v) is 19.7. The lowest BCUT2D eigenvalue weighted by Gasteiger charge is -2.24. The molecule has 2 amide bonds. The lowest BCUT2D eigenvalue weighted by Crippen LogP contribution is -2.39. The van der Waals surface area contributed by atoms with Crippen LogP contribution >= 0.6 is 0 Å². The SMILES string of the molecule is CC(C)(C)OC(=O)N1CCC(n2cc(-c3cn4nccc4c(N4CC[C@](O)(C#N)C4=O)n3)cn2)C1. The number of rotatable bonds is 3. The summed E-state index contributed by atoms with van der Waals surface area (Å²) in [7, 11) is 0. The number of hydrogen-bond acceptors (Lipinski definition) is 8. The molecule has 3 aromatic heterocycles. The van der Waals surface area contributed by atoms with Crippen LogP contribution in [0.4, 0.5) is 10.6 Å². The maximum absolute atomic E-state index is 12.7. The van der Waals surface area contributed by atoms with Crippen LogP contribution in [0.5, 0.6) is 0 Å². The third-order valence-electron chi connectivity index (χ3n) is 6.19. The molecule has 182 valence electrons. The summed E-state index contributed by atoms with van der Waals surface area (Å²) in [6, 6.07) is 3.41. The molecule has 1 unspecified atom stereocenters. The first-order valence-electron chi connectivity index (χ1n) is 11.4. The number of aliphatic hydroxyl groups is 1. The van der Waals surface area contributed by atoms with Gasteiger partial charge in [0.15, 0.2) is 5.82 Å². The highest BCUT2D eigenvalue weighted by molar-refractivity contribution is 6.05. The van der Waals surface area contributed by atoms with E-state index in [0.717, 1.165) is 6.42 Å². The maximum atomic E-state index is 12.7. The Kier molecular flexibility index (Phi) is 5.25. The average molecular weight is 479 g/mol. The molecule has 0 radical (unpaired) electrons. The minimum Gasteiger partial charge on any atom is -0.444 e. The molecule has 5 rings (SSSR count). The Morgan fingerprint density at radius 1 is 1.29 bits per heavy atom. The highest BCUT2D eigenvalue weighted by Crippen LogP contribution is 2.32. The fourth-order valence-corrected chi connectivity index (χ4v) is 4.38. The first kappa shape index (κ1) is 22.8. The molecule has 0 aromatic carbocycles. The summed E-state index contributed by atoms with van der Waals surface area (Å²) in [5.41, 5.74) is -0.781. The average Bonchev–Trinajstić information content (AvgIpc) is 3.59. The van der Waals surface area contributed by atoms with Gasteiger partial charge in [-0.1, -0.05) is 0 Å². The molecular formula is C23H26N8O4. The van der Waals surface area contributed by atoms with Gasteiger partial charge in [-0.3, -0.25) is 14.4 Å². The molecule has 12 nitrogen and oxygen atoms in total. The number of aromatic nitrogens is 5. The molecule has 1 N–H and O–H groups in total. The van der Waals surface area contributed by atoms with Crippen molar-refractivity contribution in [2.45, 2.75) is 50.9 Å². The van der Waals surface area contributed by atoms with E-state index >= 15 is 0 Å². The standard InChI is InChI=1S/C23H26N8O4/c1-22(2,3)35-21(33)28-8-5-16(12-28)30-11-15(10-26-30)17-13-31-18(4-7-25-31)19(27-17)29-9-6-23(34,14-24)20(29)32/h4,7,10-11,13,16,34H,5-6,8-9,12H2,1-3H3/t16?,23-/m0/s1. The Balaban J connectivity index is 1.40. The minimum atomic E-state index is -2.05. The van der Waals surface area contributed by atoms with E-state index in [9.17, 15) is 20.0 Å². The van der Waals surface area contributed by atoms with Gasteiger partial charge in [0.2, 0.25) is 5.60 Å². The van der Waals surface area contributed by atoms with E-state index in [1.165, 1.54) is 4.90 Å².